The van der Waals surface area contributed by atoms with Gasteiger partial charge in [-0.2, -0.15) is 0 Å². The van der Waals surface area contributed by atoms with Crippen LogP contribution in [0.25, 0.3) is 0 Å². The second-order valence-corrected chi connectivity index (χ2v) is 9.38. The van der Waals surface area contributed by atoms with Crippen LogP contribution in [0.1, 0.15) is 31.2 Å². The van der Waals surface area contributed by atoms with Crippen LogP contribution in [0, 0.1) is 17.6 Å². The SMILES string of the molecule is O=C(O)C1CCC(c2cc(F)ccc2F)(S(=O)(=O)c2ccc(Cl)cc2)CC1. The van der Waals surface area contributed by atoms with Crippen molar-refractivity contribution in [3.8, 4) is 0 Å². The van der Waals surface area contributed by atoms with Crippen molar-refractivity contribution in [3.05, 3.63) is 64.7 Å². The molecule has 1 aliphatic rings. The number of sulfone groups is 1. The van der Waals surface area contributed by atoms with Gasteiger partial charge in [-0.3, -0.25) is 4.79 Å². The lowest BCUT2D eigenvalue weighted by molar-refractivity contribution is -0.143. The van der Waals surface area contributed by atoms with Crippen LogP contribution in [0.4, 0.5) is 8.78 Å². The molecule has 1 N–H and O–H groups in total. The lowest BCUT2D eigenvalue weighted by Crippen LogP contribution is -2.41. The standard InChI is InChI=1S/C19H17ClF2O4S/c20-13-1-4-15(5-2-13)27(25,26)19(9-7-12(8-10-19)18(23)24)16-11-14(21)3-6-17(16)22/h1-6,11-12H,7-10H2,(H,23,24). The van der Waals surface area contributed by atoms with Crippen molar-refractivity contribution in [2.45, 2.75) is 35.3 Å². The zero-order chi connectivity index (χ0) is 19.8. The Labute approximate surface area is 160 Å². The number of hydrogen-bond acceptors (Lipinski definition) is 3. The molecule has 0 amide bonds. The number of benzene rings is 2. The van der Waals surface area contributed by atoms with Crippen molar-refractivity contribution in [3.63, 3.8) is 0 Å². The lowest BCUT2D eigenvalue weighted by Gasteiger charge is -2.39. The van der Waals surface area contributed by atoms with E-state index in [9.17, 15) is 27.1 Å². The van der Waals surface area contributed by atoms with Crippen LogP contribution < -0.4 is 0 Å². The number of carboxylic acids is 1. The summed E-state index contributed by atoms with van der Waals surface area (Å²) in [5, 5.41) is 9.57. The largest absolute Gasteiger partial charge is 0.481 e. The summed E-state index contributed by atoms with van der Waals surface area (Å²) in [7, 11) is -4.14. The van der Waals surface area contributed by atoms with E-state index in [1.807, 2.05) is 0 Å². The minimum atomic E-state index is -4.14. The summed E-state index contributed by atoms with van der Waals surface area (Å²) < 4.78 is 53.7. The Morgan fingerprint density at radius 2 is 1.67 bits per heavy atom. The molecule has 0 aromatic heterocycles. The summed E-state index contributed by atoms with van der Waals surface area (Å²) in [6.07, 6.45) is -0.124. The lowest BCUT2D eigenvalue weighted by atomic mass is 9.77. The molecule has 27 heavy (non-hydrogen) atoms. The third kappa shape index (κ3) is 3.46. The zero-order valence-corrected chi connectivity index (χ0v) is 15.7. The zero-order valence-electron chi connectivity index (χ0n) is 14.2. The van der Waals surface area contributed by atoms with E-state index in [0.29, 0.717) is 5.02 Å². The molecule has 1 fully saturated rings. The molecule has 2 aromatic rings. The van der Waals surface area contributed by atoms with Gasteiger partial charge in [0.1, 0.15) is 16.4 Å². The number of rotatable bonds is 4. The van der Waals surface area contributed by atoms with Gasteiger partial charge < -0.3 is 5.11 Å². The van der Waals surface area contributed by atoms with Gasteiger partial charge in [-0.25, -0.2) is 17.2 Å². The molecule has 3 rings (SSSR count). The molecular formula is C19H17ClF2O4S. The predicted octanol–water partition coefficient (Wildman–Crippen LogP) is 4.56. The first-order valence-electron chi connectivity index (χ1n) is 8.36. The Morgan fingerprint density at radius 3 is 2.22 bits per heavy atom. The van der Waals surface area contributed by atoms with Gasteiger partial charge in [0.2, 0.25) is 0 Å². The van der Waals surface area contributed by atoms with Gasteiger partial charge in [0, 0.05) is 10.6 Å². The Bertz CT molecular complexity index is 966. The van der Waals surface area contributed by atoms with E-state index in [1.54, 1.807) is 0 Å². The highest BCUT2D eigenvalue weighted by atomic mass is 35.5. The highest BCUT2D eigenvalue weighted by Gasteiger charge is 2.50. The average molecular weight is 415 g/mol. The molecule has 8 heteroatoms. The molecule has 2 aromatic carbocycles. The molecule has 144 valence electrons. The molecule has 4 nitrogen and oxygen atoms in total. The van der Waals surface area contributed by atoms with Gasteiger partial charge in [0.15, 0.2) is 9.84 Å². The number of aliphatic carboxylic acids is 1. The van der Waals surface area contributed by atoms with Crippen molar-refractivity contribution in [2.75, 3.05) is 0 Å². The third-order valence-electron chi connectivity index (χ3n) is 5.20. The average Bonchev–Trinajstić information content (AvgIpc) is 2.64. The smallest absolute Gasteiger partial charge is 0.306 e. The molecule has 0 saturated heterocycles. The van der Waals surface area contributed by atoms with Gasteiger partial charge in [0.25, 0.3) is 0 Å². The van der Waals surface area contributed by atoms with Crippen molar-refractivity contribution < 1.29 is 27.1 Å². The highest BCUT2D eigenvalue weighted by molar-refractivity contribution is 7.92. The molecule has 0 radical (unpaired) electrons. The van der Waals surface area contributed by atoms with Crippen LogP contribution in [0.2, 0.25) is 5.02 Å². The van der Waals surface area contributed by atoms with Crippen molar-refractivity contribution >= 4 is 27.4 Å². The fourth-order valence-electron chi connectivity index (χ4n) is 3.70. The van der Waals surface area contributed by atoms with E-state index in [1.165, 1.54) is 24.3 Å². The van der Waals surface area contributed by atoms with Gasteiger partial charge >= 0.3 is 5.97 Å². The fraction of sp³-hybridized carbons (Fsp3) is 0.316. The third-order valence-corrected chi connectivity index (χ3v) is 8.00. The normalized spacial score (nSPS) is 23.1. The summed E-state index contributed by atoms with van der Waals surface area (Å²) in [5.41, 5.74) is -0.263. The number of hydrogen-bond donors (Lipinski definition) is 1. The van der Waals surface area contributed by atoms with E-state index >= 15 is 0 Å². The molecule has 1 aliphatic carbocycles. The molecular weight excluding hydrogens is 398 g/mol. The predicted molar refractivity (Wildman–Crippen MR) is 96.3 cm³/mol. The number of carboxylic acid groups (broad SMARTS) is 1. The summed E-state index contributed by atoms with van der Waals surface area (Å²) in [6.45, 7) is 0. The quantitative estimate of drug-likeness (QED) is 0.795. The fourth-order valence-corrected chi connectivity index (χ4v) is 5.99. The van der Waals surface area contributed by atoms with Gasteiger partial charge in [-0.15, -0.1) is 0 Å². The van der Waals surface area contributed by atoms with E-state index in [2.05, 4.69) is 0 Å². The van der Waals surface area contributed by atoms with Crippen LogP contribution >= 0.6 is 11.6 Å². The Morgan fingerprint density at radius 1 is 1.07 bits per heavy atom. The number of carbonyl (C=O) groups is 1. The molecule has 0 bridgehead atoms. The van der Waals surface area contributed by atoms with Crippen LogP contribution in [0.15, 0.2) is 47.4 Å². The minimum absolute atomic E-state index is 0.0537. The molecule has 0 unspecified atom stereocenters. The monoisotopic (exact) mass is 414 g/mol. The van der Waals surface area contributed by atoms with E-state index in [0.717, 1.165) is 18.2 Å². The van der Waals surface area contributed by atoms with Crippen LogP contribution in [-0.4, -0.2) is 19.5 Å². The molecule has 0 aliphatic heterocycles. The second kappa shape index (κ2) is 7.20. The van der Waals surface area contributed by atoms with Crippen molar-refractivity contribution in [1.82, 2.24) is 0 Å². The van der Waals surface area contributed by atoms with E-state index < -0.39 is 38.1 Å². The van der Waals surface area contributed by atoms with E-state index in [-0.39, 0.29) is 36.1 Å². The first-order valence-corrected chi connectivity index (χ1v) is 10.2. The van der Waals surface area contributed by atoms with Crippen LogP contribution in [-0.2, 0) is 19.4 Å². The number of halogens is 3. The maximum absolute atomic E-state index is 14.6. The van der Waals surface area contributed by atoms with Crippen LogP contribution in [0.3, 0.4) is 0 Å². The van der Waals surface area contributed by atoms with Gasteiger partial charge in [-0.1, -0.05) is 11.6 Å². The van der Waals surface area contributed by atoms with Crippen molar-refractivity contribution in [1.29, 1.82) is 0 Å². The maximum Gasteiger partial charge on any atom is 0.306 e. The summed E-state index contributed by atoms with van der Waals surface area (Å²) >= 11 is 5.83. The first kappa shape index (κ1) is 19.8. The first-order chi connectivity index (χ1) is 12.7. The molecule has 0 atom stereocenters. The second-order valence-electron chi connectivity index (χ2n) is 6.69. The van der Waals surface area contributed by atoms with E-state index in [4.69, 9.17) is 11.6 Å². The summed E-state index contributed by atoms with van der Waals surface area (Å²) in [6, 6.07) is 8.17. The summed E-state index contributed by atoms with van der Waals surface area (Å²) in [4.78, 5) is 11.2. The molecule has 0 heterocycles. The summed E-state index contributed by atoms with van der Waals surface area (Å²) in [5.74, 6) is -3.32. The van der Waals surface area contributed by atoms with Crippen molar-refractivity contribution in [2.24, 2.45) is 5.92 Å². The Hall–Kier alpha value is -1.99. The topological polar surface area (TPSA) is 71.4 Å². The van der Waals surface area contributed by atoms with Gasteiger partial charge in [-0.05, 0) is 68.1 Å². The highest BCUT2D eigenvalue weighted by Crippen LogP contribution is 2.49. The molecule has 1 saturated carbocycles. The van der Waals surface area contributed by atoms with Gasteiger partial charge in [0.05, 0.1) is 10.8 Å². The minimum Gasteiger partial charge on any atom is -0.481 e. The maximum atomic E-state index is 14.6. The molecule has 0 spiro atoms. The Balaban J connectivity index is 2.18. The Kier molecular flexibility index (Phi) is 5.27. The van der Waals surface area contributed by atoms with Crippen LogP contribution in [0.5, 0.6) is 0 Å².